The lowest BCUT2D eigenvalue weighted by Crippen LogP contribution is -2.30. The van der Waals surface area contributed by atoms with E-state index in [0.29, 0.717) is 75.2 Å². The zero-order valence-electron chi connectivity index (χ0n) is 28.0. The fraction of sp³-hybridized carbons (Fsp3) is 0.457. The normalized spacial score (nSPS) is 13.2. The summed E-state index contributed by atoms with van der Waals surface area (Å²) in [5.41, 5.74) is 8.27. The molecule has 3 aromatic rings. The highest BCUT2D eigenvalue weighted by atomic mass is 79.9. The second kappa shape index (κ2) is 21.0. The number of benzene rings is 3. The van der Waals surface area contributed by atoms with Crippen molar-refractivity contribution in [3.8, 4) is 34.5 Å². The summed E-state index contributed by atoms with van der Waals surface area (Å²) in [4.78, 5) is 13.9. The minimum atomic E-state index is 0. The Bertz CT molecular complexity index is 1410. The number of fused-ring (bicyclic) bond motifs is 3. The Morgan fingerprint density at radius 2 is 1.06 bits per heavy atom. The van der Waals surface area contributed by atoms with Crippen molar-refractivity contribution in [2.24, 2.45) is 0 Å². The van der Waals surface area contributed by atoms with Gasteiger partial charge in [-0.2, -0.15) is 0 Å². The van der Waals surface area contributed by atoms with Crippen molar-refractivity contribution in [1.29, 1.82) is 0 Å². The molecule has 0 radical (unpaired) electrons. The van der Waals surface area contributed by atoms with Crippen LogP contribution in [-0.4, -0.2) is 100 Å². The monoisotopic (exact) mass is 735 g/mol. The number of nitrogens with two attached hydrogens (primary N) is 1. The summed E-state index contributed by atoms with van der Waals surface area (Å²) in [5.74, 6) is 4.77. The predicted molar refractivity (Wildman–Crippen MR) is 193 cm³/mol. The molecule has 0 aromatic heterocycles. The number of aliphatic hydroxyl groups excluding tert-OH is 2. The van der Waals surface area contributed by atoms with Crippen LogP contribution in [0.1, 0.15) is 22.2 Å². The third-order valence-corrected chi connectivity index (χ3v) is 7.85. The topological polar surface area (TPSA) is 145 Å². The maximum absolute atomic E-state index is 9.77. The first-order chi connectivity index (χ1) is 23.4. The number of ether oxygens (including phenoxy) is 6. The van der Waals surface area contributed by atoms with Gasteiger partial charge in [-0.05, 0) is 57.2 Å². The molecule has 0 unspecified atom stereocenters. The Morgan fingerprint density at radius 1 is 0.688 bits per heavy atom. The average Bonchev–Trinajstić information content (AvgIpc) is 3.13. The van der Waals surface area contributed by atoms with Gasteiger partial charge < -0.3 is 54.2 Å². The number of aliphatic hydroxyl groups is 2. The second-order valence-electron chi connectivity index (χ2n) is 10.4. The van der Waals surface area contributed by atoms with Crippen LogP contribution in [0.15, 0.2) is 54.6 Å². The van der Waals surface area contributed by atoms with Crippen molar-refractivity contribution >= 4 is 38.8 Å². The maximum atomic E-state index is 9.77. The summed E-state index contributed by atoms with van der Waals surface area (Å²) in [6.45, 7) is 12.3. The lowest BCUT2D eigenvalue weighted by Gasteiger charge is -2.28. The van der Waals surface area contributed by atoms with Crippen molar-refractivity contribution in [3.63, 3.8) is 0 Å². The Kier molecular flexibility index (Phi) is 16.8. The van der Waals surface area contributed by atoms with Gasteiger partial charge in [-0.3, -0.25) is 4.79 Å². The minimum absolute atomic E-state index is 0. The highest BCUT2D eigenvalue weighted by molar-refractivity contribution is 9.09. The van der Waals surface area contributed by atoms with Crippen LogP contribution in [0, 0.1) is 0 Å². The van der Waals surface area contributed by atoms with Gasteiger partial charge in [0.2, 0.25) is 0 Å². The number of nitrogens with zero attached hydrogens (tertiary/aromatic N) is 2. The van der Waals surface area contributed by atoms with Crippen LogP contribution < -0.4 is 44.0 Å². The second-order valence-corrected chi connectivity index (χ2v) is 11.0. The molecule has 0 atom stereocenters. The fourth-order valence-corrected chi connectivity index (χ4v) is 4.87. The smallest absolute Gasteiger partial charge is 0.184 e. The number of halogens is 1. The molecule has 0 aliphatic carbocycles. The number of anilines is 3. The van der Waals surface area contributed by atoms with Crippen molar-refractivity contribution in [2.45, 2.75) is 20.8 Å². The third-order valence-electron chi connectivity index (χ3n) is 7.06. The van der Waals surface area contributed by atoms with Crippen molar-refractivity contribution in [2.75, 3.05) is 99.9 Å². The standard InChI is InChI=1S/C12H17NO4.C12H17NO2.C8H9NO2.C3H5BrO.H2/c14-6-4-13(5-7-15)10-2-1-3-11-12(10)17-9-8-16-11;1-3-13(4-2)10-6-5-7-11-12(10)15-9-8-14-11;9-6-2-1-3-7-8(6)11-5-4-10-7;1-3(5)2-4;/h1-3,14-15H,4-9H2;5-7H,3-4,8-9H2,1-2H3;1-3H,4-5,9H2;2H2,1H3;1H. The fourth-order valence-electron chi connectivity index (χ4n) is 4.87. The lowest BCUT2D eigenvalue weighted by atomic mass is 10.2. The molecule has 0 bridgehead atoms. The van der Waals surface area contributed by atoms with Crippen LogP contribution in [0.5, 0.6) is 34.5 Å². The first-order valence-corrected chi connectivity index (χ1v) is 17.2. The van der Waals surface area contributed by atoms with Crippen LogP contribution in [0.2, 0.25) is 0 Å². The Balaban J connectivity index is 0.000000240. The number of carbonyl (C=O) groups excluding carboxylic acids is 1. The number of Topliss-reactive ketones (excluding diaryl/α,β-unsaturated/α-hetero) is 1. The van der Waals surface area contributed by atoms with Crippen LogP contribution in [-0.2, 0) is 4.79 Å². The van der Waals surface area contributed by atoms with E-state index in [4.69, 9.17) is 44.4 Å². The van der Waals surface area contributed by atoms with E-state index >= 15 is 0 Å². The molecule has 3 heterocycles. The zero-order chi connectivity index (χ0) is 34.7. The average molecular weight is 737 g/mol. The molecular weight excluding hydrogens is 686 g/mol. The molecule has 12 nitrogen and oxygen atoms in total. The van der Waals surface area contributed by atoms with E-state index in [1.54, 1.807) is 6.07 Å². The minimum Gasteiger partial charge on any atom is -0.486 e. The van der Waals surface area contributed by atoms with E-state index in [1.807, 2.05) is 47.4 Å². The largest absolute Gasteiger partial charge is 0.486 e. The summed E-state index contributed by atoms with van der Waals surface area (Å²) in [5, 5.41) is 18.5. The van der Waals surface area contributed by atoms with Gasteiger partial charge in [-0.15, -0.1) is 0 Å². The van der Waals surface area contributed by atoms with Crippen LogP contribution >= 0.6 is 15.9 Å². The summed E-state index contributed by atoms with van der Waals surface area (Å²) in [6, 6.07) is 17.2. The van der Waals surface area contributed by atoms with Gasteiger partial charge in [0.1, 0.15) is 45.4 Å². The molecule has 4 N–H and O–H groups in total. The number of carbonyl (C=O) groups is 1. The molecule has 6 rings (SSSR count). The summed E-state index contributed by atoms with van der Waals surface area (Å²) in [7, 11) is 0. The lowest BCUT2D eigenvalue weighted by molar-refractivity contribution is -0.114. The number of hydrogen-bond acceptors (Lipinski definition) is 12. The Morgan fingerprint density at radius 3 is 1.46 bits per heavy atom. The zero-order valence-corrected chi connectivity index (χ0v) is 29.6. The van der Waals surface area contributed by atoms with Gasteiger partial charge >= 0.3 is 0 Å². The van der Waals surface area contributed by atoms with Gasteiger partial charge in [0, 0.05) is 27.6 Å². The molecule has 0 amide bonds. The van der Waals surface area contributed by atoms with E-state index in [-0.39, 0.29) is 20.4 Å². The van der Waals surface area contributed by atoms with Crippen molar-refractivity contribution in [1.82, 2.24) is 0 Å². The first-order valence-electron chi connectivity index (χ1n) is 16.1. The summed E-state index contributed by atoms with van der Waals surface area (Å²) < 4.78 is 32.9. The molecule has 13 heteroatoms. The summed E-state index contributed by atoms with van der Waals surface area (Å²) >= 11 is 2.96. The van der Waals surface area contributed by atoms with E-state index < -0.39 is 0 Å². The van der Waals surface area contributed by atoms with E-state index in [1.165, 1.54) is 6.92 Å². The Labute approximate surface area is 292 Å². The number of alkyl halides is 1. The summed E-state index contributed by atoms with van der Waals surface area (Å²) in [6.07, 6.45) is 0. The van der Waals surface area contributed by atoms with Gasteiger partial charge in [-0.25, -0.2) is 0 Å². The molecule has 0 saturated heterocycles. The van der Waals surface area contributed by atoms with E-state index in [9.17, 15) is 4.79 Å². The predicted octanol–water partition coefficient (Wildman–Crippen LogP) is 4.81. The third kappa shape index (κ3) is 11.3. The number of nitrogen functional groups attached to an aromatic ring is 1. The molecule has 3 aliphatic heterocycles. The van der Waals surface area contributed by atoms with Gasteiger partial charge in [0.15, 0.2) is 34.5 Å². The Hall–Kier alpha value is -4.07. The van der Waals surface area contributed by atoms with Gasteiger partial charge in [0.05, 0.1) is 35.6 Å². The highest BCUT2D eigenvalue weighted by Gasteiger charge is 2.20. The van der Waals surface area contributed by atoms with Gasteiger partial charge in [0.25, 0.3) is 0 Å². The van der Waals surface area contributed by atoms with E-state index in [2.05, 4.69) is 40.7 Å². The number of para-hydroxylation sites is 3. The van der Waals surface area contributed by atoms with E-state index in [0.717, 1.165) is 47.5 Å². The SMILES string of the molecule is CC(=O)CBr.CCN(CC)c1cccc2c1OCCO2.Nc1cccc2c1OCCO2.OCCN(CCO)c1cccc2c1OCCO2.[HH]. The molecule has 0 fully saturated rings. The number of hydrogen-bond donors (Lipinski definition) is 3. The molecule has 266 valence electrons. The number of rotatable bonds is 9. The van der Waals surface area contributed by atoms with Crippen LogP contribution in [0.4, 0.5) is 17.1 Å². The molecule has 0 saturated carbocycles. The van der Waals surface area contributed by atoms with Crippen LogP contribution in [0.3, 0.4) is 0 Å². The quantitative estimate of drug-likeness (QED) is 0.205. The first kappa shape index (κ1) is 38.4. The van der Waals surface area contributed by atoms with Crippen LogP contribution in [0.25, 0.3) is 0 Å². The molecule has 0 spiro atoms. The molecular formula is C35H50BrN3O9. The highest BCUT2D eigenvalue weighted by Crippen LogP contribution is 2.40. The maximum Gasteiger partial charge on any atom is 0.184 e. The number of ketones is 1. The molecule has 3 aromatic carbocycles. The molecule has 3 aliphatic rings. The van der Waals surface area contributed by atoms with Gasteiger partial charge in [-0.1, -0.05) is 34.1 Å². The van der Waals surface area contributed by atoms with Crippen molar-refractivity contribution < 1.29 is 44.9 Å². The van der Waals surface area contributed by atoms with Crippen molar-refractivity contribution in [3.05, 3.63) is 54.6 Å². The molecule has 48 heavy (non-hydrogen) atoms.